The molecule has 0 radical (unpaired) electrons. The van der Waals surface area contributed by atoms with E-state index in [0.717, 1.165) is 17.0 Å². The number of nitrogens with one attached hydrogen (secondary N) is 1. The molecule has 4 heterocycles. The number of hydrogen-bond acceptors (Lipinski definition) is 8. The van der Waals surface area contributed by atoms with Gasteiger partial charge in [-0.3, -0.25) is 29.5 Å². The van der Waals surface area contributed by atoms with Crippen molar-refractivity contribution in [2.24, 2.45) is 0 Å². The molecule has 4 rings (SSSR count). The van der Waals surface area contributed by atoms with Gasteiger partial charge in [0.15, 0.2) is 5.69 Å². The molecule has 0 aromatic carbocycles. The molecule has 4 N–H and O–H groups in total. The number of piperidine rings is 1. The number of fused-ring (bicyclic) bond motifs is 1. The van der Waals surface area contributed by atoms with Crippen molar-refractivity contribution >= 4 is 18.3 Å². The maximum Gasteiger partial charge on any atom is 0.290 e. The number of aromatic nitrogens is 4. The highest BCUT2D eigenvalue weighted by atomic mass is 16.3. The number of carbonyl (C=O) groups is 3. The number of hydrogen-bond donors (Lipinski definition) is 4. The van der Waals surface area contributed by atoms with Gasteiger partial charge in [0.25, 0.3) is 12.4 Å². The van der Waals surface area contributed by atoms with E-state index in [1.165, 1.54) is 4.90 Å². The monoisotopic (exact) mass is 446 g/mol. The first-order valence-corrected chi connectivity index (χ1v) is 10.3. The fourth-order valence-corrected chi connectivity index (χ4v) is 3.81. The lowest BCUT2D eigenvalue weighted by Crippen LogP contribution is -2.49. The molecule has 1 saturated heterocycles. The van der Waals surface area contributed by atoms with E-state index < -0.39 is 12.2 Å². The summed E-state index contributed by atoms with van der Waals surface area (Å²) >= 11 is 0. The Morgan fingerprint density at radius 2 is 1.97 bits per heavy atom. The number of aliphatic hydroxyl groups is 2. The highest BCUT2D eigenvalue weighted by molar-refractivity contribution is 5.94. The van der Waals surface area contributed by atoms with E-state index in [2.05, 4.69) is 20.2 Å². The number of rotatable bonds is 4. The molecule has 12 heteroatoms. The fraction of sp³-hybridized carbons (Fsp3) is 0.500. The van der Waals surface area contributed by atoms with Crippen LogP contribution in [0.1, 0.15) is 40.3 Å². The number of aromatic amines is 1. The molecule has 2 atom stereocenters. The van der Waals surface area contributed by atoms with Gasteiger partial charge in [-0.05, 0) is 19.3 Å². The van der Waals surface area contributed by atoms with Gasteiger partial charge in [0.1, 0.15) is 0 Å². The Balaban J connectivity index is 0.000000913. The highest BCUT2D eigenvalue weighted by Crippen LogP contribution is 2.23. The molecule has 2 amide bonds. The normalized spacial score (nSPS) is 20.1. The van der Waals surface area contributed by atoms with Crippen LogP contribution in [0.5, 0.6) is 0 Å². The molecule has 172 valence electrons. The third-order valence-electron chi connectivity index (χ3n) is 5.53. The number of carbonyl (C=O) groups excluding carboxylic acids is 2. The minimum absolute atomic E-state index is 0.0249. The van der Waals surface area contributed by atoms with Crippen LogP contribution in [0.3, 0.4) is 0 Å². The van der Waals surface area contributed by atoms with Crippen LogP contribution < -0.4 is 0 Å². The number of likely N-dealkylation sites (tertiary alicyclic amines) is 1. The van der Waals surface area contributed by atoms with Crippen molar-refractivity contribution in [2.45, 2.75) is 44.4 Å². The third-order valence-corrected chi connectivity index (χ3v) is 5.53. The first-order valence-electron chi connectivity index (χ1n) is 10.3. The average molecular weight is 446 g/mol. The second kappa shape index (κ2) is 10.8. The molecule has 0 saturated carbocycles. The molecule has 12 nitrogen and oxygen atoms in total. The third kappa shape index (κ3) is 5.45. The number of aryl methyl sites for hydroxylation is 1. The van der Waals surface area contributed by atoms with Crippen molar-refractivity contribution < 1.29 is 29.7 Å². The molecule has 2 aromatic heterocycles. The van der Waals surface area contributed by atoms with Crippen LogP contribution >= 0.6 is 0 Å². The fourth-order valence-electron chi connectivity index (χ4n) is 3.81. The van der Waals surface area contributed by atoms with Gasteiger partial charge in [-0.2, -0.15) is 5.10 Å². The number of nitrogens with zero attached hydrogens (tertiary/aromatic N) is 5. The summed E-state index contributed by atoms with van der Waals surface area (Å²) in [6.07, 6.45) is 4.90. The van der Waals surface area contributed by atoms with Gasteiger partial charge in [-0.1, -0.05) is 0 Å². The Labute approximate surface area is 183 Å². The summed E-state index contributed by atoms with van der Waals surface area (Å²) in [5, 5.41) is 33.5. The van der Waals surface area contributed by atoms with E-state index in [0.29, 0.717) is 51.0 Å². The van der Waals surface area contributed by atoms with E-state index >= 15 is 0 Å². The summed E-state index contributed by atoms with van der Waals surface area (Å²) in [5.74, 6) is -0.229. The van der Waals surface area contributed by atoms with Crippen LogP contribution in [0.25, 0.3) is 0 Å². The van der Waals surface area contributed by atoms with Gasteiger partial charge in [0.05, 0.1) is 30.1 Å². The van der Waals surface area contributed by atoms with Crippen molar-refractivity contribution in [2.75, 3.05) is 19.6 Å². The summed E-state index contributed by atoms with van der Waals surface area (Å²) in [6.45, 7) is 1.13. The van der Waals surface area contributed by atoms with Gasteiger partial charge >= 0.3 is 0 Å². The molecule has 0 aliphatic carbocycles. The molecule has 32 heavy (non-hydrogen) atoms. The Morgan fingerprint density at radius 3 is 2.66 bits per heavy atom. The Hall–Kier alpha value is -3.38. The van der Waals surface area contributed by atoms with Crippen LogP contribution in [0.2, 0.25) is 0 Å². The predicted molar refractivity (Wildman–Crippen MR) is 109 cm³/mol. The zero-order valence-electron chi connectivity index (χ0n) is 17.4. The minimum atomic E-state index is -0.940. The van der Waals surface area contributed by atoms with E-state index in [1.54, 1.807) is 23.5 Å². The van der Waals surface area contributed by atoms with Crippen molar-refractivity contribution in [1.82, 2.24) is 30.0 Å². The summed E-state index contributed by atoms with van der Waals surface area (Å²) in [6, 6.07) is 0. The molecule has 0 bridgehead atoms. The van der Waals surface area contributed by atoms with Crippen molar-refractivity contribution in [3.8, 4) is 0 Å². The van der Waals surface area contributed by atoms with Crippen molar-refractivity contribution in [1.29, 1.82) is 0 Å². The van der Waals surface area contributed by atoms with Gasteiger partial charge in [-0.15, -0.1) is 0 Å². The molecule has 2 aromatic rings. The van der Waals surface area contributed by atoms with Crippen LogP contribution in [0.4, 0.5) is 0 Å². The minimum Gasteiger partial charge on any atom is -0.483 e. The molecule has 2 aliphatic rings. The van der Waals surface area contributed by atoms with Crippen molar-refractivity contribution in [3.63, 3.8) is 0 Å². The Morgan fingerprint density at radius 1 is 1.19 bits per heavy atom. The molecular formula is C20H26N6O6. The standard InChI is InChI=1S/C19H24N6O4.CH2O2/c26-15-4-8-25(11-16(15)27)19(29)18-13-3-7-24(10-14(13)22-23-18)17(28)2-1-12-9-20-5-6-21-12;2-1-3/h5-6,9,15-16,26-27H,1-4,7-8,10-11H2,(H,22,23);1H,(H,2,3)/t15-,16+;/m0./s1. The van der Waals surface area contributed by atoms with Crippen LogP contribution in [0.15, 0.2) is 18.6 Å². The Kier molecular flexibility index (Phi) is 7.84. The van der Waals surface area contributed by atoms with E-state index in [1.807, 2.05) is 0 Å². The average Bonchev–Trinajstić information content (AvgIpc) is 3.23. The SMILES string of the molecule is O=C(CCc1cnccn1)N1CCc2c(C(=O)N3CC[C@H](O)[C@H](O)C3)n[nH]c2C1.O=CO. The largest absolute Gasteiger partial charge is 0.483 e. The number of amides is 2. The lowest BCUT2D eigenvalue weighted by atomic mass is 10.0. The topological polar surface area (TPSA) is 173 Å². The zero-order chi connectivity index (χ0) is 23.1. The van der Waals surface area contributed by atoms with E-state index in [4.69, 9.17) is 9.90 Å². The summed E-state index contributed by atoms with van der Waals surface area (Å²) in [4.78, 5) is 45.2. The summed E-state index contributed by atoms with van der Waals surface area (Å²) < 4.78 is 0. The maximum atomic E-state index is 12.8. The number of β-amino-alcohol motifs (C(OH)–C–C–N with tert-alkyl or cyclic N) is 1. The predicted octanol–water partition coefficient (Wildman–Crippen LogP) is -1.01. The first kappa shape index (κ1) is 23.3. The molecule has 0 unspecified atom stereocenters. The summed E-state index contributed by atoms with van der Waals surface area (Å²) in [5.41, 5.74) is 2.72. The van der Waals surface area contributed by atoms with E-state index in [-0.39, 0.29) is 24.8 Å². The van der Waals surface area contributed by atoms with Crippen LogP contribution in [0, 0.1) is 0 Å². The Bertz CT molecular complexity index is 936. The second-order valence-corrected chi connectivity index (χ2v) is 7.57. The van der Waals surface area contributed by atoms with Gasteiger partial charge in [0.2, 0.25) is 5.91 Å². The molecule has 2 aliphatic heterocycles. The second-order valence-electron chi connectivity index (χ2n) is 7.57. The van der Waals surface area contributed by atoms with Crippen molar-refractivity contribution in [3.05, 3.63) is 41.2 Å². The highest BCUT2D eigenvalue weighted by Gasteiger charge is 2.33. The lowest BCUT2D eigenvalue weighted by molar-refractivity contribution is -0.132. The molecular weight excluding hydrogens is 420 g/mol. The number of H-pyrrole nitrogens is 1. The molecule has 1 fully saturated rings. The number of carboxylic acid groups (broad SMARTS) is 1. The summed E-state index contributed by atoms with van der Waals surface area (Å²) in [7, 11) is 0. The quantitative estimate of drug-likeness (QED) is 0.429. The lowest BCUT2D eigenvalue weighted by Gasteiger charge is -2.33. The maximum absolute atomic E-state index is 12.8. The number of aliphatic hydroxyl groups excluding tert-OH is 2. The van der Waals surface area contributed by atoms with Gasteiger partial charge in [0, 0.05) is 50.2 Å². The zero-order valence-corrected chi connectivity index (χ0v) is 17.4. The smallest absolute Gasteiger partial charge is 0.290 e. The van der Waals surface area contributed by atoms with Crippen LogP contribution in [-0.2, 0) is 29.0 Å². The van der Waals surface area contributed by atoms with Crippen LogP contribution in [-0.4, -0.2) is 95.4 Å². The first-order chi connectivity index (χ1) is 15.4. The van der Waals surface area contributed by atoms with Gasteiger partial charge in [-0.25, -0.2) is 0 Å². The van der Waals surface area contributed by atoms with Gasteiger partial charge < -0.3 is 25.1 Å². The molecule has 0 spiro atoms. The van der Waals surface area contributed by atoms with E-state index in [9.17, 15) is 19.8 Å².